The molecule has 0 aromatic heterocycles. The van der Waals surface area contributed by atoms with E-state index in [1.54, 1.807) is 12.1 Å². The van der Waals surface area contributed by atoms with Crippen molar-refractivity contribution < 1.29 is 14.3 Å². The van der Waals surface area contributed by atoms with Gasteiger partial charge >= 0.3 is 5.97 Å². The Kier molecular flexibility index (Phi) is 6.99. The lowest BCUT2D eigenvalue weighted by atomic mass is 10.0. The molecule has 0 N–H and O–H groups in total. The number of ketones is 1. The molecule has 0 aliphatic rings. The van der Waals surface area contributed by atoms with Crippen molar-refractivity contribution in [2.45, 2.75) is 18.9 Å². The van der Waals surface area contributed by atoms with Crippen LogP contribution in [0.2, 0.25) is 0 Å². The van der Waals surface area contributed by atoms with Gasteiger partial charge in [-0.15, -0.1) is 11.6 Å². The number of benzene rings is 3. The van der Waals surface area contributed by atoms with Crippen LogP contribution in [0, 0.1) is 0 Å². The van der Waals surface area contributed by atoms with Gasteiger partial charge in [0, 0.05) is 12.0 Å². The number of hydrogen-bond donors (Lipinski definition) is 0. The van der Waals surface area contributed by atoms with Gasteiger partial charge in [0.25, 0.3) is 0 Å². The van der Waals surface area contributed by atoms with Gasteiger partial charge in [0.05, 0.1) is 5.88 Å². The Morgan fingerprint density at radius 3 is 1.82 bits per heavy atom. The lowest BCUT2D eigenvalue weighted by molar-refractivity contribution is -0.147. The molecule has 3 nitrogen and oxygen atoms in total. The van der Waals surface area contributed by atoms with Crippen molar-refractivity contribution in [2.24, 2.45) is 0 Å². The number of carbonyl (C=O) groups is 2. The summed E-state index contributed by atoms with van der Waals surface area (Å²) in [4.78, 5) is 24.1. The number of esters is 1. The predicted octanol–water partition coefficient (Wildman–Crippen LogP) is 5.37. The Labute approximate surface area is 169 Å². The van der Waals surface area contributed by atoms with E-state index >= 15 is 0 Å². The molecule has 0 saturated carbocycles. The Hall–Kier alpha value is -2.91. The van der Waals surface area contributed by atoms with Crippen molar-refractivity contribution in [2.75, 3.05) is 5.88 Å². The molecule has 3 rings (SSSR count). The van der Waals surface area contributed by atoms with E-state index in [0.717, 1.165) is 16.7 Å². The largest absolute Gasteiger partial charge is 0.453 e. The van der Waals surface area contributed by atoms with E-state index < -0.39 is 6.10 Å². The van der Waals surface area contributed by atoms with Crippen molar-refractivity contribution >= 4 is 23.4 Å². The summed E-state index contributed by atoms with van der Waals surface area (Å²) >= 11 is 5.57. The Balaban J connectivity index is 1.65. The second-order valence-corrected chi connectivity index (χ2v) is 6.71. The SMILES string of the molecule is O=C(CCc1ccc(C(=O)CCl)cc1)OC(c1ccccc1)c1ccccc1. The Morgan fingerprint density at radius 1 is 0.786 bits per heavy atom. The zero-order chi connectivity index (χ0) is 19.8. The number of rotatable bonds is 8. The molecule has 0 fully saturated rings. The number of carbonyl (C=O) groups excluding carboxylic acids is 2. The van der Waals surface area contributed by atoms with Crippen molar-refractivity contribution in [1.82, 2.24) is 0 Å². The van der Waals surface area contributed by atoms with Crippen molar-refractivity contribution in [3.8, 4) is 0 Å². The normalized spacial score (nSPS) is 10.6. The van der Waals surface area contributed by atoms with Crippen LogP contribution in [0.3, 0.4) is 0 Å². The lowest BCUT2D eigenvalue weighted by Crippen LogP contribution is -2.13. The van der Waals surface area contributed by atoms with Crippen LogP contribution in [0.15, 0.2) is 84.9 Å². The highest BCUT2D eigenvalue weighted by molar-refractivity contribution is 6.30. The molecular formula is C24H21ClO3. The maximum atomic E-state index is 12.5. The molecule has 0 spiro atoms. The van der Waals surface area contributed by atoms with Crippen LogP contribution in [0.5, 0.6) is 0 Å². The molecule has 3 aromatic rings. The van der Waals surface area contributed by atoms with Gasteiger partial charge in [-0.2, -0.15) is 0 Å². The summed E-state index contributed by atoms with van der Waals surface area (Å²) in [5.41, 5.74) is 3.42. The summed E-state index contributed by atoms with van der Waals surface area (Å²) in [6.07, 6.45) is 0.377. The maximum Gasteiger partial charge on any atom is 0.307 e. The minimum Gasteiger partial charge on any atom is -0.453 e. The minimum absolute atomic E-state index is 0.0357. The summed E-state index contributed by atoms with van der Waals surface area (Å²) in [5, 5.41) is 0. The summed E-state index contributed by atoms with van der Waals surface area (Å²) in [6, 6.07) is 26.6. The molecule has 0 saturated heterocycles. The second kappa shape index (κ2) is 9.86. The monoisotopic (exact) mass is 392 g/mol. The number of halogens is 1. The molecule has 0 radical (unpaired) electrons. The van der Waals surface area contributed by atoms with Crippen LogP contribution in [0.4, 0.5) is 0 Å². The fourth-order valence-corrected chi connectivity index (χ4v) is 3.11. The molecule has 0 unspecified atom stereocenters. The number of aryl methyl sites for hydroxylation is 1. The molecule has 0 amide bonds. The van der Waals surface area contributed by atoms with E-state index in [-0.39, 0.29) is 24.1 Å². The van der Waals surface area contributed by atoms with Crippen molar-refractivity contribution in [3.05, 3.63) is 107 Å². The number of alkyl halides is 1. The van der Waals surface area contributed by atoms with Gasteiger partial charge in [-0.3, -0.25) is 9.59 Å². The molecule has 0 aliphatic heterocycles. The van der Waals surface area contributed by atoms with Crippen LogP contribution in [-0.4, -0.2) is 17.6 Å². The van der Waals surface area contributed by atoms with Gasteiger partial charge in [-0.05, 0) is 23.1 Å². The summed E-state index contributed by atoms with van der Waals surface area (Å²) in [7, 11) is 0. The van der Waals surface area contributed by atoms with Crippen molar-refractivity contribution in [1.29, 1.82) is 0 Å². The van der Waals surface area contributed by atoms with E-state index in [0.29, 0.717) is 12.0 Å². The third-order valence-corrected chi connectivity index (χ3v) is 4.71. The predicted molar refractivity (Wildman–Crippen MR) is 111 cm³/mol. The first-order valence-electron chi connectivity index (χ1n) is 9.15. The maximum absolute atomic E-state index is 12.5. The van der Waals surface area contributed by atoms with Gasteiger partial charge in [-0.25, -0.2) is 0 Å². The zero-order valence-electron chi connectivity index (χ0n) is 15.4. The van der Waals surface area contributed by atoms with E-state index in [4.69, 9.17) is 16.3 Å². The molecule has 142 valence electrons. The second-order valence-electron chi connectivity index (χ2n) is 6.44. The van der Waals surface area contributed by atoms with Gasteiger partial charge in [-0.1, -0.05) is 84.9 Å². The highest BCUT2D eigenvalue weighted by Gasteiger charge is 2.18. The van der Waals surface area contributed by atoms with Crippen LogP contribution in [0.25, 0.3) is 0 Å². The fourth-order valence-electron chi connectivity index (χ4n) is 2.96. The minimum atomic E-state index is -0.432. The lowest BCUT2D eigenvalue weighted by Gasteiger charge is -2.19. The summed E-state index contributed by atoms with van der Waals surface area (Å²) < 4.78 is 5.81. The number of hydrogen-bond acceptors (Lipinski definition) is 3. The van der Waals surface area contributed by atoms with E-state index in [1.165, 1.54) is 0 Å². The standard InChI is InChI=1S/C24H21ClO3/c25-17-22(26)19-14-11-18(12-15-19)13-16-23(27)28-24(20-7-3-1-4-8-20)21-9-5-2-6-10-21/h1-12,14-15,24H,13,16-17H2. The van der Waals surface area contributed by atoms with Gasteiger partial charge < -0.3 is 4.74 Å². The molecule has 28 heavy (non-hydrogen) atoms. The smallest absolute Gasteiger partial charge is 0.307 e. The zero-order valence-corrected chi connectivity index (χ0v) is 16.1. The van der Waals surface area contributed by atoms with Gasteiger partial charge in [0.2, 0.25) is 0 Å². The molecule has 0 bridgehead atoms. The number of Topliss-reactive ketones (excluding diaryl/α,β-unsaturated/α-hetero) is 1. The average molecular weight is 393 g/mol. The summed E-state index contributed by atoms with van der Waals surface area (Å²) in [6.45, 7) is 0. The van der Waals surface area contributed by atoms with E-state index in [9.17, 15) is 9.59 Å². The van der Waals surface area contributed by atoms with Crippen LogP contribution in [-0.2, 0) is 16.0 Å². The first kappa shape index (κ1) is 19.8. The molecule has 0 aliphatic carbocycles. The van der Waals surface area contributed by atoms with Gasteiger partial charge in [0.1, 0.15) is 0 Å². The fraction of sp³-hybridized carbons (Fsp3) is 0.167. The number of ether oxygens (including phenoxy) is 1. The Morgan fingerprint density at radius 2 is 1.32 bits per heavy atom. The van der Waals surface area contributed by atoms with Crippen molar-refractivity contribution in [3.63, 3.8) is 0 Å². The first-order valence-corrected chi connectivity index (χ1v) is 9.68. The molecule has 0 heterocycles. The average Bonchev–Trinajstić information content (AvgIpc) is 2.77. The van der Waals surface area contributed by atoms with Crippen LogP contribution in [0.1, 0.15) is 39.6 Å². The first-order chi connectivity index (χ1) is 13.7. The highest BCUT2D eigenvalue weighted by atomic mass is 35.5. The van der Waals surface area contributed by atoms with Crippen LogP contribution < -0.4 is 0 Å². The molecule has 4 heteroatoms. The molecular weight excluding hydrogens is 372 g/mol. The third kappa shape index (κ3) is 5.30. The topological polar surface area (TPSA) is 43.4 Å². The molecule has 3 aromatic carbocycles. The highest BCUT2D eigenvalue weighted by Crippen LogP contribution is 2.26. The van der Waals surface area contributed by atoms with E-state index in [2.05, 4.69) is 0 Å². The Bertz CT molecular complexity index is 866. The molecule has 0 atom stereocenters. The van der Waals surface area contributed by atoms with E-state index in [1.807, 2.05) is 72.8 Å². The van der Waals surface area contributed by atoms with Crippen LogP contribution >= 0.6 is 11.6 Å². The summed E-state index contributed by atoms with van der Waals surface area (Å²) in [5.74, 6) is -0.411. The quantitative estimate of drug-likeness (QED) is 0.294. The third-order valence-electron chi connectivity index (χ3n) is 4.47. The van der Waals surface area contributed by atoms with Gasteiger partial charge in [0.15, 0.2) is 11.9 Å².